The molecule has 0 aromatic carbocycles. The van der Waals surface area contributed by atoms with Gasteiger partial charge in [0.05, 0.1) is 12.7 Å². The monoisotopic (exact) mass is 226 g/mol. The Bertz CT molecular complexity index is 361. The van der Waals surface area contributed by atoms with Gasteiger partial charge in [0, 0.05) is 13.1 Å². The molecule has 1 aromatic heterocycles. The van der Waals surface area contributed by atoms with Gasteiger partial charge in [0.15, 0.2) is 5.13 Å². The molecular formula is C9H14N4OS. The van der Waals surface area contributed by atoms with Crippen molar-refractivity contribution in [1.29, 1.82) is 0 Å². The summed E-state index contributed by atoms with van der Waals surface area (Å²) in [5, 5.41) is 4.37. The molecule has 1 fully saturated rings. The van der Waals surface area contributed by atoms with Gasteiger partial charge in [0.1, 0.15) is 5.00 Å². The lowest BCUT2D eigenvalue weighted by Crippen LogP contribution is -2.36. The van der Waals surface area contributed by atoms with Crippen LogP contribution in [0.15, 0.2) is 6.20 Å². The van der Waals surface area contributed by atoms with E-state index in [1.54, 1.807) is 11.1 Å². The number of amides is 1. The topological polar surface area (TPSA) is 71.2 Å². The van der Waals surface area contributed by atoms with Crippen LogP contribution in [0.5, 0.6) is 0 Å². The molecule has 1 saturated carbocycles. The molecule has 1 aliphatic rings. The zero-order chi connectivity index (χ0) is 10.8. The van der Waals surface area contributed by atoms with Gasteiger partial charge in [-0.05, 0) is 12.8 Å². The van der Waals surface area contributed by atoms with Gasteiger partial charge in [-0.2, -0.15) is 0 Å². The number of nitrogens with zero attached hydrogens (tertiary/aromatic N) is 2. The molecular weight excluding hydrogens is 212 g/mol. The minimum atomic E-state index is 0.0498. The van der Waals surface area contributed by atoms with E-state index in [4.69, 9.17) is 5.73 Å². The van der Waals surface area contributed by atoms with Crippen molar-refractivity contribution in [3.63, 3.8) is 0 Å². The Morgan fingerprint density at radius 3 is 3.07 bits per heavy atom. The minimum absolute atomic E-state index is 0.0498. The lowest BCUT2D eigenvalue weighted by molar-refractivity contribution is -0.119. The average molecular weight is 226 g/mol. The molecule has 0 bridgehead atoms. The van der Waals surface area contributed by atoms with E-state index in [1.807, 2.05) is 7.05 Å². The lowest BCUT2D eigenvalue weighted by Gasteiger charge is -2.14. The summed E-state index contributed by atoms with van der Waals surface area (Å²) in [6.07, 6.45) is 3.83. The molecule has 3 N–H and O–H groups in total. The third kappa shape index (κ3) is 2.82. The highest BCUT2D eigenvalue weighted by Gasteiger charge is 2.23. The van der Waals surface area contributed by atoms with E-state index >= 15 is 0 Å². The van der Waals surface area contributed by atoms with Crippen LogP contribution in [-0.4, -0.2) is 30.5 Å². The molecule has 6 heteroatoms. The van der Waals surface area contributed by atoms with Gasteiger partial charge in [0.25, 0.3) is 0 Å². The number of nitrogens with one attached hydrogen (secondary N) is 1. The first-order chi connectivity index (χ1) is 7.15. The Hall–Kier alpha value is -1.30. The second kappa shape index (κ2) is 4.06. The number of aromatic nitrogens is 1. The normalized spacial score (nSPS) is 15.0. The third-order valence-electron chi connectivity index (χ3n) is 2.16. The maximum atomic E-state index is 11.5. The zero-order valence-corrected chi connectivity index (χ0v) is 9.38. The summed E-state index contributed by atoms with van der Waals surface area (Å²) in [6, 6.07) is 0.410. The van der Waals surface area contributed by atoms with Crippen molar-refractivity contribution in [3.8, 4) is 0 Å². The maximum Gasteiger partial charge on any atom is 0.239 e. The van der Waals surface area contributed by atoms with Crippen LogP contribution < -0.4 is 16.0 Å². The number of nitrogens with two attached hydrogens (primary N) is 1. The second-order valence-electron chi connectivity index (χ2n) is 3.74. The van der Waals surface area contributed by atoms with Crippen molar-refractivity contribution >= 4 is 27.4 Å². The molecule has 0 spiro atoms. The van der Waals surface area contributed by atoms with Gasteiger partial charge in [-0.1, -0.05) is 11.3 Å². The highest BCUT2D eigenvalue weighted by molar-refractivity contribution is 7.19. The number of likely N-dealkylation sites (N-methyl/N-ethyl adjacent to an activating group) is 1. The van der Waals surface area contributed by atoms with Crippen molar-refractivity contribution in [2.24, 2.45) is 0 Å². The number of carbonyl (C=O) groups excluding carboxylic acids is 1. The van der Waals surface area contributed by atoms with Crippen LogP contribution in [0.25, 0.3) is 0 Å². The number of hydrogen-bond acceptors (Lipinski definition) is 5. The summed E-state index contributed by atoms with van der Waals surface area (Å²) in [5.41, 5.74) is 5.57. The van der Waals surface area contributed by atoms with Gasteiger partial charge in [0.2, 0.25) is 5.91 Å². The first-order valence-corrected chi connectivity index (χ1v) is 5.68. The number of hydrogen-bond donors (Lipinski definition) is 2. The van der Waals surface area contributed by atoms with E-state index in [0.717, 1.165) is 18.0 Å². The van der Waals surface area contributed by atoms with Gasteiger partial charge in [-0.15, -0.1) is 0 Å². The predicted molar refractivity (Wildman–Crippen MR) is 61.0 cm³/mol. The molecule has 0 atom stereocenters. The number of rotatable bonds is 4. The molecule has 0 radical (unpaired) electrons. The van der Waals surface area contributed by atoms with Crippen molar-refractivity contribution in [1.82, 2.24) is 10.3 Å². The molecule has 1 amide bonds. The van der Waals surface area contributed by atoms with E-state index in [0.29, 0.717) is 17.6 Å². The largest absolute Gasteiger partial charge is 0.389 e. The minimum Gasteiger partial charge on any atom is -0.389 e. The zero-order valence-electron chi connectivity index (χ0n) is 8.56. The Labute approximate surface area is 92.3 Å². The number of nitrogen functional groups attached to an aromatic ring is 1. The average Bonchev–Trinajstić information content (AvgIpc) is 2.85. The molecule has 0 unspecified atom stereocenters. The summed E-state index contributed by atoms with van der Waals surface area (Å²) < 4.78 is 0. The fraction of sp³-hybridized carbons (Fsp3) is 0.556. The highest BCUT2D eigenvalue weighted by Crippen LogP contribution is 2.23. The predicted octanol–water partition coefficient (Wildman–Crippen LogP) is 0.440. The van der Waals surface area contributed by atoms with E-state index in [9.17, 15) is 4.79 Å². The van der Waals surface area contributed by atoms with Crippen LogP contribution in [0.2, 0.25) is 0 Å². The molecule has 0 aliphatic heterocycles. The first-order valence-electron chi connectivity index (χ1n) is 4.87. The Morgan fingerprint density at radius 1 is 1.80 bits per heavy atom. The Morgan fingerprint density at radius 2 is 2.53 bits per heavy atom. The molecule has 2 rings (SSSR count). The van der Waals surface area contributed by atoms with Crippen molar-refractivity contribution in [2.45, 2.75) is 18.9 Å². The van der Waals surface area contributed by atoms with Crippen LogP contribution in [0, 0.1) is 0 Å². The summed E-state index contributed by atoms with van der Waals surface area (Å²) in [4.78, 5) is 17.4. The van der Waals surface area contributed by atoms with Crippen LogP contribution in [0.1, 0.15) is 12.8 Å². The fourth-order valence-electron chi connectivity index (χ4n) is 1.24. The van der Waals surface area contributed by atoms with E-state index in [2.05, 4.69) is 10.3 Å². The van der Waals surface area contributed by atoms with Gasteiger partial charge in [-0.25, -0.2) is 4.98 Å². The smallest absolute Gasteiger partial charge is 0.239 e. The standard InChI is InChI=1S/C9H14N4OS/c1-13(9-11-4-7(10)15-9)5-8(14)12-6-2-3-6/h4,6H,2-3,5,10H2,1H3,(H,12,14). The van der Waals surface area contributed by atoms with Crippen LogP contribution >= 0.6 is 11.3 Å². The molecule has 82 valence electrons. The molecule has 1 heterocycles. The molecule has 1 aliphatic carbocycles. The van der Waals surface area contributed by atoms with Gasteiger partial charge in [-0.3, -0.25) is 4.79 Å². The van der Waals surface area contributed by atoms with Gasteiger partial charge < -0.3 is 16.0 Å². The Kier molecular flexibility index (Phi) is 2.77. The van der Waals surface area contributed by atoms with Crippen LogP contribution in [-0.2, 0) is 4.79 Å². The van der Waals surface area contributed by atoms with Crippen molar-refractivity contribution in [3.05, 3.63) is 6.20 Å². The second-order valence-corrected chi connectivity index (χ2v) is 4.78. The molecule has 15 heavy (non-hydrogen) atoms. The lowest BCUT2D eigenvalue weighted by atomic mass is 10.5. The first kappa shape index (κ1) is 10.2. The summed E-state index contributed by atoms with van der Waals surface area (Å²) in [6.45, 7) is 0.337. The van der Waals surface area contributed by atoms with Crippen LogP contribution in [0.3, 0.4) is 0 Å². The van der Waals surface area contributed by atoms with Crippen molar-refractivity contribution in [2.75, 3.05) is 24.2 Å². The summed E-state index contributed by atoms with van der Waals surface area (Å²) in [5.74, 6) is 0.0498. The maximum absolute atomic E-state index is 11.5. The van der Waals surface area contributed by atoms with E-state index < -0.39 is 0 Å². The third-order valence-corrected chi connectivity index (χ3v) is 3.10. The molecule has 0 saturated heterocycles. The van der Waals surface area contributed by atoms with E-state index in [1.165, 1.54) is 11.3 Å². The summed E-state index contributed by atoms with van der Waals surface area (Å²) >= 11 is 1.38. The number of thiazole rings is 1. The molecule has 5 nitrogen and oxygen atoms in total. The highest BCUT2D eigenvalue weighted by atomic mass is 32.1. The molecule has 1 aromatic rings. The van der Waals surface area contributed by atoms with Gasteiger partial charge >= 0.3 is 0 Å². The quantitative estimate of drug-likeness (QED) is 0.781. The Balaban J connectivity index is 1.85. The number of carbonyl (C=O) groups is 1. The fourth-order valence-corrected chi connectivity index (χ4v) is 1.88. The summed E-state index contributed by atoms with van der Waals surface area (Å²) in [7, 11) is 1.84. The SMILES string of the molecule is CN(CC(=O)NC1CC1)c1ncc(N)s1. The number of anilines is 2. The van der Waals surface area contributed by atoms with Crippen molar-refractivity contribution < 1.29 is 4.79 Å². The van der Waals surface area contributed by atoms with E-state index in [-0.39, 0.29) is 5.91 Å². The van der Waals surface area contributed by atoms with Crippen LogP contribution in [0.4, 0.5) is 10.1 Å².